The lowest BCUT2D eigenvalue weighted by Gasteiger charge is -2.37. The van der Waals surface area contributed by atoms with Crippen LogP contribution in [0, 0.1) is 11.8 Å². The van der Waals surface area contributed by atoms with Crippen molar-refractivity contribution >= 4 is 49.6 Å². The molecule has 1 aliphatic rings. The van der Waals surface area contributed by atoms with Crippen LogP contribution in [0.4, 0.5) is 0 Å². The molecule has 164 valence electrons. The van der Waals surface area contributed by atoms with E-state index in [1.807, 2.05) is 0 Å². The summed E-state index contributed by atoms with van der Waals surface area (Å²) in [6.45, 7) is 13.7. The van der Waals surface area contributed by atoms with Gasteiger partial charge in [-0.2, -0.15) is 0 Å². The average molecular weight is 458 g/mol. The summed E-state index contributed by atoms with van der Waals surface area (Å²) in [6, 6.07) is 0. The molecule has 1 fully saturated rings. The van der Waals surface area contributed by atoms with Gasteiger partial charge in [-0.05, 0) is 103 Å². The first-order valence-corrected chi connectivity index (χ1v) is 9.71. The quantitative estimate of drug-likeness (QED) is 0.267. The second-order valence-electron chi connectivity index (χ2n) is 6.63. The molecular formula is C18H44Cl4N4. The van der Waals surface area contributed by atoms with Crippen molar-refractivity contribution in [2.24, 2.45) is 11.8 Å². The zero-order chi connectivity index (χ0) is 15.9. The normalized spacial score (nSPS) is 17.8. The van der Waals surface area contributed by atoms with E-state index in [1.165, 1.54) is 77.8 Å². The minimum Gasteiger partial charge on any atom is -0.317 e. The number of nitrogens with one attached hydrogen (secondary N) is 4. The van der Waals surface area contributed by atoms with Crippen molar-refractivity contribution in [1.82, 2.24) is 21.3 Å². The maximum absolute atomic E-state index is 3.66. The molecule has 1 rings (SSSR count). The summed E-state index contributed by atoms with van der Waals surface area (Å²) in [4.78, 5) is 0. The summed E-state index contributed by atoms with van der Waals surface area (Å²) in [5.74, 6) is 1.84. The Balaban J connectivity index is -0.000000605. The standard InChI is InChI=1S/C18H40N4.4ClH/c1-3-19-11-5-7-13-21-15-17-9-10-18(17)16-22-14-8-6-12-20-4-2;;;;/h17-22H,3-16H2,1-2H3;4*1H. The first-order valence-electron chi connectivity index (χ1n) is 9.71. The second-order valence-corrected chi connectivity index (χ2v) is 6.63. The number of halogens is 4. The van der Waals surface area contributed by atoms with E-state index in [-0.39, 0.29) is 49.6 Å². The molecule has 0 bridgehead atoms. The molecule has 0 aromatic carbocycles. The van der Waals surface area contributed by atoms with E-state index < -0.39 is 0 Å². The Bertz CT molecular complexity index is 227. The lowest BCUT2D eigenvalue weighted by molar-refractivity contribution is 0.167. The molecule has 0 amide bonds. The zero-order valence-corrected chi connectivity index (χ0v) is 20.0. The third-order valence-electron chi connectivity index (χ3n) is 4.80. The second kappa shape index (κ2) is 26.0. The van der Waals surface area contributed by atoms with Crippen molar-refractivity contribution in [2.75, 3.05) is 52.4 Å². The Kier molecular flexibility index (Phi) is 34.5. The van der Waals surface area contributed by atoms with Gasteiger partial charge in [-0.25, -0.2) is 0 Å². The van der Waals surface area contributed by atoms with Gasteiger partial charge in [0.15, 0.2) is 0 Å². The van der Waals surface area contributed by atoms with Crippen LogP contribution in [0.15, 0.2) is 0 Å². The monoisotopic (exact) mass is 456 g/mol. The third-order valence-corrected chi connectivity index (χ3v) is 4.80. The minimum atomic E-state index is 0. The topological polar surface area (TPSA) is 48.1 Å². The van der Waals surface area contributed by atoms with E-state index in [9.17, 15) is 0 Å². The molecule has 0 aliphatic heterocycles. The number of rotatable bonds is 16. The van der Waals surface area contributed by atoms with Gasteiger partial charge in [-0.1, -0.05) is 13.8 Å². The van der Waals surface area contributed by atoms with Crippen molar-refractivity contribution < 1.29 is 0 Å². The van der Waals surface area contributed by atoms with E-state index in [4.69, 9.17) is 0 Å². The Morgan fingerprint density at radius 3 is 1.12 bits per heavy atom. The highest BCUT2D eigenvalue weighted by Gasteiger charge is 2.29. The summed E-state index contributed by atoms with van der Waals surface area (Å²) >= 11 is 0. The summed E-state index contributed by atoms with van der Waals surface area (Å²) in [5.41, 5.74) is 0. The number of unbranched alkanes of at least 4 members (excludes halogenated alkanes) is 2. The van der Waals surface area contributed by atoms with Crippen LogP contribution in [0.2, 0.25) is 0 Å². The average Bonchev–Trinajstić information content (AvgIpc) is 2.51. The van der Waals surface area contributed by atoms with E-state index >= 15 is 0 Å². The zero-order valence-electron chi connectivity index (χ0n) is 16.7. The van der Waals surface area contributed by atoms with Crippen molar-refractivity contribution in [3.63, 3.8) is 0 Å². The van der Waals surface area contributed by atoms with Gasteiger partial charge in [0.05, 0.1) is 0 Å². The van der Waals surface area contributed by atoms with Gasteiger partial charge in [0, 0.05) is 0 Å². The fourth-order valence-corrected chi connectivity index (χ4v) is 3.10. The van der Waals surface area contributed by atoms with Gasteiger partial charge >= 0.3 is 0 Å². The fraction of sp³-hybridized carbons (Fsp3) is 1.00. The molecule has 0 radical (unpaired) electrons. The van der Waals surface area contributed by atoms with E-state index in [2.05, 4.69) is 35.1 Å². The molecule has 0 spiro atoms. The van der Waals surface area contributed by atoms with Crippen molar-refractivity contribution in [2.45, 2.75) is 52.4 Å². The van der Waals surface area contributed by atoms with Gasteiger partial charge in [-0.3, -0.25) is 0 Å². The van der Waals surface area contributed by atoms with E-state index in [1.54, 1.807) is 0 Å². The summed E-state index contributed by atoms with van der Waals surface area (Å²) in [5, 5.41) is 14.1. The van der Waals surface area contributed by atoms with Gasteiger partial charge in [-0.15, -0.1) is 49.6 Å². The maximum Gasteiger partial charge on any atom is -0.00174 e. The van der Waals surface area contributed by atoms with Crippen LogP contribution in [-0.4, -0.2) is 52.4 Å². The summed E-state index contributed by atoms with van der Waals surface area (Å²) in [7, 11) is 0. The molecule has 0 aromatic heterocycles. The van der Waals surface area contributed by atoms with Crippen LogP contribution in [0.3, 0.4) is 0 Å². The Hall–Kier alpha value is 1.00. The molecule has 26 heavy (non-hydrogen) atoms. The highest BCUT2D eigenvalue weighted by molar-refractivity contribution is 5.86. The SMILES string of the molecule is CCNCCCCNCC1CCC1CNCCCCNCC.Cl.Cl.Cl.Cl. The van der Waals surface area contributed by atoms with Crippen LogP contribution < -0.4 is 21.3 Å². The molecule has 0 saturated heterocycles. The molecule has 1 aliphatic carbocycles. The Morgan fingerprint density at radius 1 is 0.538 bits per heavy atom. The molecule has 2 atom stereocenters. The number of hydrogen-bond donors (Lipinski definition) is 4. The smallest absolute Gasteiger partial charge is 0.00174 e. The predicted molar refractivity (Wildman–Crippen MR) is 127 cm³/mol. The van der Waals surface area contributed by atoms with Gasteiger partial charge in [0.1, 0.15) is 0 Å². The summed E-state index contributed by atoms with van der Waals surface area (Å²) < 4.78 is 0. The largest absolute Gasteiger partial charge is 0.317 e. The Labute approximate surface area is 187 Å². The van der Waals surface area contributed by atoms with E-state index in [0.29, 0.717) is 0 Å². The fourth-order valence-electron chi connectivity index (χ4n) is 3.10. The minimum absolute atomic E-state index is 0. The van der Waals surface area contributed by atoms with E-state index in [0.717, 1.165) is 24.9 Å². The van der Waals surface area contributed by atoms with Crippen molar-refractivity contribution in [3.05, 3.63) is 0 Å². The van der Waals surface area contributed by atoms with Crippen LogP contribution >= 0.6 is 49.6 Å². The lowest BCUT2D eigenvalue weighted by Crippen LogP contribution is -2.41. The van der Waals surface area contributed by atoms with Crippen LogP contribution in [-0.2, 0) is 0 Å². The third kappa shape index (κ3) is 18.4. The lowest BCUT2D eigenvalue weighted by atomic mass is 9.73. The first kappa shape index (κ1) is 34.5. The summed E-state index contributed by atoms with van der Waals surface area (Å²) in [6.07, 6.45) is 8.05. The maximum atomic E-state index is 3.66. The highest BCUT2D eigenvalue weighted by atomic mass is 35.5. The van der Waals surface area contributed by atoms with Crippen LogP contribution in [0.25, 0.3) is 0 Å². The predicted octanol–water partition coefficient (Wildman–Crippen LogP) is 3.66. The Morgan fingerprint density at radius 2 is 0.846 bits per heavy atom. The first-order chi connectivity index (χ1) is 10.9. The van der Waals surface area contributed by atoms with Crippen molar-refractivity contribution in [1.29, 1.82) is 0 Å². The van der Waals surface area contributed by atoms with Crippen LogP contribution in [0.5, 0.6) is 0 Å². The molecule has 8 heteroatoms. The molecule has 2 unspecified atom stereocenters. The molecule has 4 N–H and O–H groups in total. The van der Waals surface area contributed by atoms with Gasteiger partial charge in [0.2, 0.25) is 0 Å². The van der Waals surface area contributed by atoms with Crippen LogP contribution in [0.1, 0.15) is 52.4 Å². The molecule has 0 aromatic rings. The molecule has 1 saturated carbocycles. The highest BCUT2D eigenvalue weighted by Crippen LogP contribution is 2.33. The molecule has 0 heterocycles. The van der Waals surface area contributed by atoms with Gasteiger partial charge < -0.3 is 21.3 Å². The van der Waals surface area contributed by atoms with Gasteiger partial charge in [0.25, 0.3) is 0 Å². The molecular weight excluding hydrogens is 414 g/mol. The van der Waals surface area contributed by atoms with Crippen molar-refractivity contribution in [3.8, 4) is 0 Å². The number of hydrogen-bond acceptors (Lipinski definition) is 4. The molecule has 4 nitrogen and oxygen atoms in total.